The second-order valence-corrected chi connectivity index (χ2v) is 4.29. The molecule has 3 N–H and O–H groups in total. The normalized spacial score (nSPS) is 10.2. The molecular formula is C14H15N3O2. The third-order valence-electron chi connectivity index (χ3n) is 2.77. The van der Waals surface area contributed by atoms with E-state index in [0.717, 1.165) is 5.56 Å². The molecule has 0 unspecified atom stereocenters. The van der Waals surface area contributed by atoms with Gasteiger partial charge in [0.1, 0.15) is 0 Å². The van der Waals surface area contributed by atoms with E-state index in [4.69, 9.17) is 5.73 Å². The van der Waals surface area contributed by atoms with E-state index in [2.05, 4.69) is 5.32 Å². The Morgan fingerprint density at radius 2 is 2.11 bits per heavy atom. The number of anilines is 1. The van der Waals surface area contributed by atoms with Crippen LogP contribution in [0.15, 0.2) is 47.4 Å². The summed E-state index contributed by atoms with van der Waals surface area (Å²) in [6.07, 6.45) is 1.57. The van der Waals surface area contributed by atoms with Crippen LogP contribution in [0.25, 0.3) is 0 Å². The highest BCUT2D eigenvalue weighted by molar-refractivity contribution is 5.93. The van der Waals surface area contributed by atoms with Gasteiger partial charge in [-0.2, -0.15) is 0 Å². The average molecular weight is 257 g/mol. The SMILES string of the molecule is Cn1ccc(C(=O)NCc2cccc(N)c2)cc1=O. The van der Waals surface area contributed by atoms with E-state index in [1.807, 2.05) is 12.1 Å². The monoisotopic (exact) mass is 257 g/mol. The molecule has 0 fully saturated rings. The lowest BCUT2D eigenvalue weighted by Gasteiger charge is -2.06. The van der Waals surface area contributed by atoms with Crippen LogP contribution in [0.2, 0.25) is 0 Å². The van der Waals surface area contributed by atoms with Crippen LogP contribution in [0.5, 0.6) is 0 Å². The summed E-state index contributed by atoms with van der Waals surface area (Å²) in [5, 5.41) is 2.75. The molecule has 0 radical (unpaired) electrons. The molecule has 1 aromatic carbocycles. The molecule has 0 aliphatic carbocycles. The summed E-state index contributed by atoms with van der Waals surface area (Å²) in [5.74, 6) is -0.278. The number of benzene rings is 1. The zero-order chi connectivity index (χ0) is 13.8. The number of hydrogen-bond donors (Lipinski definition) is 2. The highest BCUT2D eigenvalue weighted by atomic mass is 16.2. The number of rotatable bonds is 3. The summed E-state index contributed by atoms with van der Waals surface area (Å²) in [4.78, 5) is 23.3. The third-order valence-corrected chi connectivity index (χ3v) is 2.77. The fourth-order valence-corrected chi connectivity index (χ4v) is 1.68. The Morgan fingerprint density at radius 3 is 2.79 bits per heavy atom. The van der Waals surface area contributed by atoms with Crippen molar-refractivity contribution in [1.82, 2.24) is 9.88 Å². The highest BCUT2D eigenvalue weighted by Gasteiger charge is 2.06. The van der Waals surface area contributed by atoms with Gasteiger partial charge in [-0.1, -0.05) is 12.1 Å². The Morgan fingerprint density at radius 1 is 1.32 bits per heavy atom. The lowest BCUT2D eigenvalue weighted by Crippen LogP contribution is -2.25. The molecule has 1 aromatic heterocycles. The first kappa shape index (κ1) is 12.9. The molecule has 98 valence electrons. The van der Waals surface area contributed by atoms with Crippen molar-refractivity contribution in [2.75, 3.05) is 5.73 Å². The number of nitrogen functional groups attached to an aromatic ring is 1. The van der Waals surface area contributed by atoms with Crippen molar-refractivity contribution < 1.29 is 4.79 Å². The first-order chi connectivity index (χ1) is 9.06. The first-order valence-electron chi connectivity index (χ1n) is 5.85. The average Bonchev–Trinajstić information content (AvgIpc) is 2.39. The van der Waals surface area contributed by atoms with Gasteiger partial charge in [-0.3, -0.25) is 9.59 Å². The van der Waals surface area contributed by atoms with Gasteiger partial charge < -0.3 is 15.6 Å². The lowest BCUT2D eigenvalue weighted by molar-refractivity contribution is 0.0950. The Labute approximate surface area is 110 Å². The molecule has 5 heteroatoms. The molecular weight excluding hydrogens is 242 g/mol. The smallest absolute Gasteiger partial charge is 0.251 e. The Hall–Kier alpha value is -2.56. The summed E-state index contributed by atoms with van der Waals surface area (Å²) in [7, 11) is 1.64. The van der Waals surface area contributed by atoms with E-state index in [0.29, 0.717) is 17.8 Å². The van der Waals surface area contributed by atoms with Crippen molar-refractivity contribution in [3.8, 4) is 0 Å². The second kappa shape index (κ2) is 5.39. The predicted octanol–water partition coefficient (Wildman–Crippen LogP) is 0.898. The maximum absolute atomic E-state index is 11.9. The molecule has 5 nitrogen and oxygen atoms in total. The zero-order valence-electron chi connectivity index (χ0n) is 10.6. The first-order valence-corrected chi connectivity index (χ1v) is 5.85. The molecule has 0 bridgehead atoms. The number of nitrogens with two attached hydrogens (primary N) is 1. The topological polar surface area (TPSA) is 77.1 Å². The number of nitrogens with one attached hydrogen (secondary N) is 1. The van der Waals surface area contributed by atoms with E-state index in [1.165, 1.54) is 10.6 Å². The molecule has 0 saturated carbocycles. The Kier molecular flexibility index (Phi) is 3.66. The van der Waals surface area contributed by atoms with Gasteiger partial charge in [-0.15, -0.1) is 0 Å². The summed E-state index contributed by atoms with van der Waals surface area (Å²) in [6, 6.07) is 10.2. The Bertz CT molecular complexity index is 662. The zero-order valence-corrected chi connectivity index (χ0v) is 10.6. The minimum Gasteiger partial charge on any atom is -0.399 e. The van der Waals surface area contributed by atoms with Crippen LogP contribution in [0.4, 0.5) is 5.69 Å². The largest absolute Gasteiger partial charge is 0.399 e. The number of pyridine rings is 1. The number of carbonyl (C=O) groups excluding carboxylic acids is 1. The number of aromatic nitrogens is 1. The lowest BCUT2D eigenvalue weighted by atomic mass is 10.2. The number of aryl methyl sites for hydroxylation is 1. The molecule has 2 rings (SSSR count). The number of nitrogens with zero attached hydrogens (tertiary/aromatic N) is 1. The molecule has 2 aromatic rings. The molecule has 0 atom stereocenters. The minimum atomic E-state index is -0.278. The van der Waals surface area contributed by atoms with Crippen molar-refractivity contribution in [2.24, 2.45) is 7.05 Å². The van der Waals surface area contributed by atoms with E-state index in [1.54, 1.807) is 31.4 Å². The molecule has 0 aliphatic rings. The summed E-state index contributed by atoms with van der Waals surface area (Å²) < 4.78 is 1.41. The van der Waals surface area contributed by atoms with Crippen molar-refractivity contribution in [3.05, 3.63) is 64.1 Å². The fourth-order valence-electron chi connectivity index (χ4n) is 1.68. The van der Waals surface area contributed by atoms with Gasteiger partial charge >= 0.3 is 0 Å². The van der Waals surface area contributed by atoms with E-state index < -0.39 is 0 Å². The van der Waals surface area contributed by atoms with Crippen molar-refractivity contribution in [3.63, 3.8) is 0 Å². The quantitative estimate of drug-likeness (QED) is 0.802. The van der Waals surface area contributed by atoms with E-state index >= 15 is 0 Å². The maximum Gasteiger partial charge on any atom is 0.251 e. The number of amides is 1. The standard InChI is InChI=1S/C14H15N3O2/c1-17-6-5-11(8-13(17)18)14(19)16-9-10-3-2-4-12(15)7-10/h2-8H,9,15H2,1H3,(H,16,19). The predicted molar refractivity (Wildman–Crippen MR) is 73.7 cm³/mol. The minimum absolute atomic E-state index is 0.211. The van der Waals surface area contributed by atoms with Crippen LogP contribution in [-0.4, -0.2) is 10.5 Å². The molecule has 0 saturated heterocycles. The Balaban J connectivity index is 2.05. The van der Waals surface area contributed by atoms with Crippen molar-refractivity contribution in [1.29, 1.82) is 0 Å². The number of carbonyl (C=O) groups is 1. The van der Waals surface area contributed by atoms with Crippen LogP contribution in [0, 0.1) is 0 Å². The fraction of sp³-hybridized carbons (Fsp3) is 0.143. The van der Waals surface area contributed by atoms with Gasteiger partial charge in [-0.25, -0.2) is 0 Å². The molecule has 0 spiro atoms. The van der Waals surface area contributed by atoms with Gasteiger partial charge in [0.2, 0.25) is 0 Å². The summed E-state index contributed by atoms with van der Waals surface area (Å²) >= 11 is 0. The third kappa shape index (κ3) is 3.22. The van der Waals surface area contributed by atoms with Crippen LogP contribution >= 0.6 is 0 Å². The molecule has 1 heterocycles. The van der Waals surface area contributed by atoms with E-state index in [9.17, 15) is 9.59 Å². The number of hydrogen-bond acceptors (Lipinski definition) is 3. The molecule has 19 heavy (non-hydrogen) atoms. The van der Waals surface area contributed by atoms with Crippen LogP contribution in [0.1, 0.15) is 15.9 Å². The van der Waals surface area contributed by atoms with Gasteiger partial charge in [0, 0.05) is 37.1 Å². The molecule has 1 amide bonds. The highest BCUT2D eigenvalue weighted by Crippen LogP contribution is 2.06. The maximum atomic E-state index is 11.9. The van der Waals surface area contributed by atoms with Crippen LogP contribution < -0.4 is 16.6 Å². The molecule has 0 aliphatic heterocycles. The van der Waals surface area contributed by atoms with Gasteiger partial charge in [0.05, 0.1) is 0 Å². The second-order valence-electron chi connectivity index (χ2n) is 4.29. The van der Waals surface area contributed by atoms with Crippen molar-refractivity contribution in [2.45, 2.75) is 6.54 Å². The summed E-state index contributed by atoms with van der Waals surface area (Å²) in [6.45, 7) is 0.374. The van der Waals surface area contributed by atoms with Gasteiger partial charge in [-0.05, 0) is 23.8 Å². The van der Waals surface area contributed by atoms with Gasteiger partial charge in [0.15, 0.2) is 0 Å². The van der Waals surface area contributed by atoms with Crippen LogP contribution in [-0.2, 0) is 13.6 Å². The van der Waals surface area contributed by atoms with E-state index in [-0.39, 0.29) is 11.5 Å². The summed E-state index contributed by atoms with van der Waals surface area (Å²) in [5.41, 5.74) is 7.37. The van der Waals surface area contributed by atoms with Gasteiger partial charge in [0.25, 0.3) is 11.5 Å². The van der Waals surface area contributed by atoms with Crippen LogP contribution in [0.3, 0.4) is 0 Å². The van der Waals surface area contributed by atoms with Crippen molar-refractivity contribution >= 4 is 11.6 Å².